The van der Waals surface area contributed by atoms with Gasteiger partial charge in [-0.15, -0.1) is 0 Å². The van der Waals surface area contributed by atoms with Gasteiger partial charge in [-0.25, -0.2) is 9.78 Å². The third kappa shape index (κ3) is 5.64. The van der Waals surface area contributed by atoms with Crippen LogP contribution in [0.1, 0.15) is 67.4 Å². The molecular formula is C30H32F3N3O2. The zero-order valence-corrected chi connectivity index (χ0v) is 21.5. The van der Waals surface area contributed by atoms with Crippen LogP contribution in [0.15, 0.2) is 60.8 Å². The van der Waals surface area contributed by atoms with Gasteiger partial charge in [0, 0.05) is 23.3 Å². The molecule has 0 saturated heterocycles. The Balaban J connectivity index is 1.38. The first-order chi connectivity index (χ1) is 18.0. The van der Waals surface area contributed by atoms with E-state index < -0.39 is 17.7 Å². The molecule has 2 fully saturated rings. The Morgan fingerprint density at radius 3 is 2.18 bits per heavy atom. The van der Waals surface area contributed by atoms with Gasteiger partial charge in [0.1, 0.15) is 11.4 Å². The van der Waals surface area contributed by atoms with E-state index in [4.69, 9.17) is 0 Å². The molecule has 200 valence electrons. The Labute approximate surface area is 220 Å². The monoisotopic (exact) mass is 523 g/mol. The van der Waals surface area contributed by atoms with Gasteiger partial charge in [0.2, 0.25) is 0 Å². The second-order valence-corrected chi connectivity index (χ2v) is 11.3. The van der Waals surface area contributed by atoms with Crippen LogP contribution in [0, 0.1) is 17.8 Å². The molecule has 2 aliphatic rings. The summed E-state index contributed by atoms with van der Waals surface area (Å²) in [7, 11) is 0. The molecule has 0 aliphatic heterocycles. The van der Waals surface area contributed by atoms with Crippen molar-refractivity contribution in [3.8, 4) is 0 Å². The number of hydrogen-bond acceptors (Lipinski definition) is 4. The van der Waals surface area contributed by atoms with E-state index in [0.717, 1.165) is 29.9 Å². The van der Waals surface area contributed by atoms with Crippen LogP contribution in [0.2, 0.25) is 0 Å². The number of carboxylic acid groups (broad SMARTS) is 1. The second kappa shape index (κ2) is 9.97. The summed E-state index contributed by atoms with van der Waals surface area (Å²) in [5.41, 5.74) is 1.39. The SMILES string of the molecule is CC1CC2CC(C1)CC(C)(c1ccc(Nc3cc(Nc4ncccc4C(=O)O)cc(C(F)(F)F)c3)cc1)C2. The highest BCUT2D eigenvalue weighted by atomic mass is 19.4. The predicted molar refractivity (Wildman–Crippen MR) is 142 cm³/mol. The lowest BCUT2D eigenvalue weighted by atomic mass is 9.57. The summed E-state index contributed by atoms with van der Waals surface area (Å²) < 4.78 is 41.1. The average molecular weight is 524 g/mol. The molecule has 3 N–H and O–H groups in total. The lowest BCUT2D eigenvalue weighted by Gasteiger charge is -2.47. The lowest BCUT2D eigenvalue weighted by molar-refractivity contribution is -0.137. The number of pyridine rings is 1. The van der Waals surface area contributed by atoms with Gasteiger partial charge in [-0.3, -0.25) is 0 Å². The quantitative estimate of drug-likeness (QED) is 0.303. The Hall–Kier alpha value is -3.55. The zero-order valence-electron chi connectivity index (χ0n) is 21.5. The fourth-order valence-corrected chi connectivity index (χ4v) is 6.70. The molecule has 0 spiro atoms. The van der Waals surface area contributed by atoms with Crippen LogP contribution in [-0.4, -0.2) is 16.1 Å². The summed E-state index contributed by atoms with van der Waals surface area (Å²) in [6, 6.07) is 14.3. The zero-order chi connectivity index (χ0) is 27.1. The number of rotatable bonds is 6. The first-order valence-corrected chi connectivity index (χ1v) is 13.0. The summed E-state index contributed by atoms with van der Waals surface area (Å²) in [5.74, 6) is 1.06. The van der Waals surface area contributed by atoms with Gasteiger partial charge in [0.05, 0.1) is 5.56 Å². The van der Waals surface area contributed by atoms with Crippen molar-refractivity contribution >= 4 is 28.8 Å². The van der Waals surface area contributed by atoms with Crippen LogP contribution in [0.25, 0.3) is 0 Å². The molecule has 0 amide bonds. The summed E-state index contributed by atoms with van der Waals surface area (Å²) >= 11 is 0. The summed E-state index contributed by atoms with van der Waals surface area (Å²) in [6.45, 7) is 4.71. The van der Waals surface area contributed by atoms with Crippen molar-refractivity contribution in [3.05, 3.63) is 77.5 Å². The molecule has 2 aliphatic carbocycles. The second-order valence-electron chi connectivity index (χ2n) is 11.3. The van der Waals surface area contributed by atoms with E-state index in [1.165, 1.54) is 62.1 Å². The number of carbonyl (C=O) groups is 1. The highest BCUT2D eigenvalue weighted by molar-refractivity contribution is 5.94. The number of carboxylic acids is 1. The Morgan fingerprint density at radius 1 is 0.947 bits per heavy atom. The van der Waals surface area contributed by atoms with E-state index in [0.29, 0.717) is 5.69 Å². The molecule has 5 rings (SSSR count). The fraction of sp³-hybridized carbons (Fsp3) is 0.400. The average Bonchev–Trinajstić information content (AvgIpc) is 2.83. The Morgan fingerprint density at radius 2 is 1.58 bits per heavy atom. The number of nitrogens with one attached hydrogen (secondary N) is 2. The maximum Gasteiger partial charge on any atom is 0.416 e. The number of fused-ring (bicyclic) bond motifs is 2. The number of aromatic nitrogens is 1. The maximum atomic E-state index is 13.7. The van der Waals surface area contributed by atoms with Crippen LogP contribution in [-0.2, 0) is 11.6 Å². The molecule has 1 aromatic heterocycles. The van der Waals surface area contributed by atoms with Crippen LogP contribution in [0.4, 0.5) is 36.1 Å². The number of anilines is 4. The van der Waals surface area contributed by atoms with Gasteiger partial charge in [-0.1, -0.05) is 26.0 Å². The molecule has 8 heteroatoms. The largest absolute Gasteiger partial charge is 0.478 e. The first kappa shape index (κ1) is 26.1. The molecule has 0 radical (unpaired) electrons. The minimum absolute atomic E-state index is 0.0329. The van der Waals surface area contributed by atoms with Crippen molar-refractivity contribution in [2.75, 3.05) is 10.6 Å². The lowest BCUT2D eigenvalue weighted by Crippen LogP contribution is -2.38. The van der Waals surface area contributed by atoms with Crippen molar-refractivity contribution in [2.24, 2.45) is 17.8 Å². The van der Waals surface area contributed by atoms with Gasteiger partial charge >= 0.3 is 12.1 Å². The number of nitrogens with zero attached hydrogens (tertiary/aromatic N) is 1. The maximum absolute atomic E-state index is 13.7. The van der Waals surface area contributed by atoms with E-state index >= 15 is 0 Å². The number of halogens is 3. The van der Waals surface area contributed by atoms with E-state index in [9.17, 15) is 23.1 Å². The highest BCUT2D eigenvalue weighted by Crippen LogP contribution is 2.51. The van der Waals surface area contributed by atoms with Crippen molar-refractivity contribution in [2.45, 2.75) is 57.5 Å². The minimum atomic E-state index is -4.58. The molecule has 2 aromatic carbocycles. The van der Waals surface area contributed by atoms with Crippen LogP contribution in [0.3, 0.4) is 0 Å². The highest BCUT2D eigenvalue weighted by Gasteiger charge is 2.41. The number of aromatic carboxylic acids is 1. The van der Waals surface area contributed by atoms with Crippen molar-refractivity contribution in [1.82, 2.24) is 4.98 Å². The number of alkyl halides is 3. The van der Waals surface area contributed by atoms with E-state index in [1.807, 2.05) is 12.1 Å². The van der Waals surface area contributed by atoms with Crippen LogP contribution >= 0.6 is 0 Å². The third-order valence-corrected chi connectivity index (χ3v) is 8.05. The molecule has 2 bridgehead atoms. The van der Waals surface area contributed by atoms with Crippen molar-refractivity contribution in [3.63, 3.8) is 0 Å². The van der Waals surface area contributed by atoms with Gasteiger partial charge in [0.15, 0.2) is 0 Å². The van der Waals surface area contributed by atoms with E-state index in [1.54, 1.807) is 0 Å². The van der Waals surface area contributed by atoms with Gasteiger partial charge < -0.3 is 15.7 Å². The number of hydrogen-bond donors (Lipinski definition) is 3. The van der Waals surface area contributed by atoms with E-state index in [2.05, 4.69) is 41.6 Å². The van der Waals surface area contributed by atoms with Crippen molar-refractivity contribution in [1.29, 1.82) is 0 Å². The van der Waals surface area contributed by atoms with Crippen LogP contribution < -0.4 is 10.6 Å². The normalized spacial score (nSPS) is 25.0. The molecule has 1 heterocycles. The molecule has 5 nitrogen and oxygen atoms in total. The standard InChI is InChI=1S/C30H32F3N3O2/c1-18-10-19-12-20(11-18)17-29(2,16-19)21-5-7-23(8-6-21)35-24-13-22(30(31,32)33)14-25(15-24)36-27-26(28(37)38)4-3-9-34-27/h3-9,13-15,18-20,35H,10-12,16-17H2,1-2H3,(H,34,36)(H,37,38). The summed E-state index contributed by atoms with van der Waals surface area (Å²) in [6.07, 6.45) is 3.07. The minimum Gasteiger partial charge on any atom is -0.478 e. The Kier molecular flexibility index (Phi) is 6.84. The Bertz CT molecular complexity index is 1310. The molecule has 38 heavy (non-hydrogen) atoms. The van der Waals surface area contributed by atoms with Gasteiger partial charge in [-0.2, -0.15) is 13.2 Å². The molecule has 3 aromatic rings. The summed E-state index contributed by atoms with van der Waals surface area (Å²) in [4.78, 5) is 15.5. The van der Waals surface area contributed by atoms with E-state index in [-0.39, 0.29) is 28.2 Å². The smallest absolute Gasteiger partial charge is 0.416 e. The fourth-order valence-electron chi connectivity index (χ4n) is 6.70. The molecular weight excluding hydrogens is 491 g/mol. The third-order valence-electron chi connectivity index (χ3n) is 8.05. The molecule has 2 atom stereocenters. The van der Waals surface area contributed by atoms with Gasteiger partial charge in [-0.05, 0) is 103 Å². The topological polar surface area (TPSA) is 74.2 Å². The van der Waals surface area contributed by atoms with Gasteiger partial charge in [0.25, 0.3) is 0 Å². The number of benzene rings is 2. The van der Waals surface area contributed by atoms with Crippen LogP contribution in [0.5, 0.6) is 0 Å². The van der Waals surface area contributed by atoms with Crippen molar-refractivity contribution < 1.29 is 23.1 Å². The first-order valence-electron chi connectivity index (χ1n) is 13.0. The molecule has 2 saturated carbocycles. The predicted octanol–water partition coefficient (Wildman–Crippen LogP) is 8.39. The molecule has 2 unspecified atom stereocenters. The summed E-state index contributed by atoms with van der Waals surface area (Å²) in [5, 5.41) is 15.2.